The van der Waals surface area contributed by atoms with Gasteiger partial charge in [-0.15, -0.1) is 0 Å². The molecule has 0 bridgehead atoms. The Morgan fingerprint density at radius 3 is 2.77 bits per heavy atom. The van der Waals surface area contributed by atoms with E-state index >= 15 is 0 Å². The van der Waals surface area contributed by atoms with Crippen LogP contribution in [0.5, 0.6) is 0 Å². The van der Waals surface area contributed by atoms with Gasteiger partial charge in [0.05, 0.1) is 6.61 Å². The molecule has 1 aliphatic heterocycles. The highest BCUT2D eigenvalue weighted by Gasteiger charge is 2.25. The molecular formula is C10H21NOS. The van der Waals surface area contributed by atoms with Crippen molar-refractivity contribution in [3.63, 3.8) is 0 Å². The third-order valence-corrected chi connectivity index (χ3v) is 4.13. The molecule has 1 atom stereocenters. The van der Waals surface area contributed by atoms with E-state index in [9.17, 15) is 0 Å². The number of thioether (sulfide) groups is 1. The zero-order valence-corrected chi connectivity index (χ0v) is 9.73. The molecule has 1 rings (SSSR count). The van der Waals surface area contributed by atoms with Crippen molar-refractivity contribution < 1.29 is 5.11 Å². The average Bonchev–Trinajstić information content (AvgIpc) is 2.25. The zero-order chi connectivity index (χ0) is 9.90. The summed E-state index contributed by atoms with van der Waals surface area (Å²) in [6, 6.07) is 0.328. The van der Waals surface area contributed by atoms with Crippen molar-refractivity contribution in [1.29, 1.82) is 0 Å². The largest absolute Gasteiger partial charge is 0.395 e. The molecule has 1 N–H and O–H groups in total. The molecular weight excluding hydrogens is 182 g/mol. The van der Waals surface area contributed by atoms with Crippen LogP contribution in [0.3, 0.4) is 0 Å². The van der Waals surface area contributed by atoms with Gasteiger partial charge < -0.3 is 5.11 Å². The van der Waals surface area contributed by atoms with Gasteiger partial charge in [0.1, 0.15) is 0 Å². The summed E-state index contributed by atoms with van der Waals surface area (Å²) in [7, 11) is 0. The molecule has 1 heterocycles. The van der Waals surface area contributed by atoms with Crippen molar-refractivity contribution in [2.24, 2.45) is 0 Å². The maximum absolute atomic E-state index is 9.06. The molecule has 2 nitrogen and oxygen atoms in total. The minimum absolute atomic E-state index is 0.283. The quantitative estimate of drug-likeness (QED) is 0.737. The van der Waals surface area contributed by atoms with E-state index < -0.39 is 0 Å². The number of nitrogens with zero attached hydrogens (tertiary/aromatic N) is 1. The van der Waals surface area contributed by atoms with Crippen LogP contribution in [-0.2, 0) is 0 Å². The fourth-order valence-electron chi connectivity index (χ4n) is 1.59. The fourth-order valence-corrected chi connectivity index (χ4v) is 2.71. The van der Waals surface area contributed by atoms with E-state index in [0.29, 0.717) is 10.8 Å². The Morgan fingerprint density at radius 1 is 1.46 bits per heavy atom. The standard InChI is InChI=1S/C10H21NOS/c1-9(8-12)11-5-4-10(2,3)13-7-6-11/h9,12H,4-8H2,1-3H3. The fraction of sp³-hybridized carbons (Fsp3) is 1.00. The second kappa shape index (κ2) is 4.67. The van der Waals surface area contributed by atoms with E-state index in [1.54, 1.807) is 0 Å². The van der Waals surface area contributed by atoms with E-state index in [1.807, 2.05) is 11.8 Å². The van der Waals surface area contributed by atoms with Gasteiger partial charge in [0, 0.05) is 23.1 Å². The molecule has 1 aliphatic rings. The smallest absolute Gasteiger partial charge is 0.0584 e. The summed E-state index contributed by atoms with van der Waals surface area (Å²) in [5, 5.41) is 9.06. The molecule has 0 aromatic rings. The van der Waals surface area contributed by atoms with E-state index in [2.05, 4.69) is 25.7 Å². The van der Waals surface area contributed by atoms with Crippen LogP contribution < -0.4 is 0 Å². The Labute approximate surface area is 85.7 Å². The first kappa shape index (κ1) is 11.3. The Bertz CT molecular complexity index is 161. The van der Waals surface area contributed by atoms with Gasteiger partial charge in [0.25, 0.3) is 0 Å². The van der Waals surface area contributed by atoms with Crippen molar-refractivity contribution in [2.75, 3.05) is 25.4 Å². The highest BCUT2D eigenvalue weighted by molar-refractivity contribution is 8.00. The van der Waals surface area contributed by atoms with E-state index in [1.165, 1.54) is 12.2 Å². The SMILES string of the molecule is CC(CO)N1CCSC(C)(C)CC1. The molecule has 13 heavy (non-hydrogen) atoms. The van der Waals surface area contributed by atoms with Gasteiger partial charge in [-0.05, 0) is 19.9 Å². The van der Waals surface area contributed by atoms with E-state index in [-0.39, 0.29) is 6.61 Å². The van der Waals surface area contributed by atoms with Gasteiger partial charge in [-0.25, -0.2) is 0 Å². The number of hydrogen-bond acceptors (Lipinski definition) is 3. The van der Waals surface area contributed by atoms with Crippen LogP contribution in [0.2, 0.25) is 0 Å². The minimum atomic E-state index is 0.283. The number of aliphatic hydroxyl groups is 1. The third-order valence-electron chi connectivity index (χ3n) is 2.76. The molecule has 0 spiro atoms. The van der Waals surface area contributed by atoms with Crippen molar-refractivity contribution in [2.45, 2.75) is 38.0 Å². The van der Waals surface area contributed by atoms with Gasteiger partial charge in [-0.1, -0.05) is 13.8 Å². The van der Waals surface area contributed by atoms with Crippen LogP contribution in [0, 0.1) is 0 Å². The first-order chi connectivity index (χ1) is 6.05. The molecule has 1 unspecified atom stereocenters. The topological polar surface area (TPSA) is 23.5 Å². The third kappa shape index (κ3) is 3.49. The molecule has 0 radical (unpaired) electrons. The highest BCUT2D eigenvalue weighted by Crippen LogP contribution is 2.30. The monoisotopic (exact) mass is 203 g/mol. The van der Waals surface area contributed by atoms with Crippen LogP contribution in [0.25, 0.3) is 0 Å². The Hall–Kier alpha value is 0.270. The Balaban J connectivity index is 2.45. The number of hydrogen-bond donors (Lipinski definition) is 1. The lowest BCUT2D eigenvalue weighted by atomic mass is 10.1. The molecule has 0 aromatic carbocycles. The van der Waals surface area contributed by atoms with Crippen LogP contribution in [-0.4, -0.2) is 46.2 Å². The van der Waals surface area contributed by atoms with Gasteiger partial charge in [0.15, 0.2) is 0 Å². The zero-order valence-electron chi connectivity index (χ0n) is 8.92. The maximum Gasteiger partial charge on any atom is 0.0584 e. The highest BCUT2D eigenvalue weighted by atomic mass is 32.2. The molecule has 78 valence electrons. The van der Waals surface area contributed by atoms with E-state index in [0.717, 1.165) is 13.1 Å². The van der Waals surface area contributed by atoms with Crippen LogP contribution >= 0.6 is 11.8 Å². The second-order valence-electron chi connectivity index (χ2n) is 4.43. The summed E-state index contributed by atoms with van der Waals surface area (Å²) in [5.74, 6) is 1.19. The normalized spacial score (nSPS) is 26.8. The first-order valence-corrected chi connectivity index (χ1v) is 6.02. The van der Waals surface area contributed by atoms with E-state index in [4.69, 9.17) is 5.11 Å². The van der Waals surface area contributed by atoms with Gasteiger partial charge in [0.2, 0.25) is 0 Å². The summed E-state index contributed by atoms with van der Waals surface area (Å²) in [6.07, 6.45) is 1.22. The number of aliphatic hydroxyl groups excluding tert-OH is 1. The maximum atomic E-state index is 9.06. The summed E-state index contributed by atoms with van der Waals surface area (Å²) in [6.45, 7) is 9.25. The average molecular weight is 203 g/mol. The molecule has 0 aromatic heterocycles. The summed E-state index contributed by atoms with van der Waals surface area (Å²) >= 11 is 2.05. The summed E-state index contributed by atoms with van der Waals surface area (Å²) in [5.41, 5.74) is 0. The molecule has 0 aliphatic carbocycles. The van der Waals surface area contributed by atoms with Crippen molar-refractivity contribution in [3.05, 3.63) is 0 Å². The molecule has 1 saturated heterocycles. The second-order valence-corrected chi connectivity index (χ2v) is 6.23. The predicted molar refractivity (Wildman–Crippen MR) is 59.3 cm³/mol. The summed E-state index contributed by atoms with van der Waals surface area (Å²) < 4.78 is 0.421. The van der Waals surface area contributed by atoms with Gasteiger partial charge in [-0.3, -0.25) is 4.90 Å². The Kier molecular flexibility index (Phi) is 4.07. The summed E-state index contributed by atoms with van der Waals surface area (Å²) in [4.78, 5) is 2.39. The minimum Gasteiger partial charge on any atom is -0.395 e. The van der Waals surface area contributed by atoms with Crippen LogP contribution in [0.15, 0.2) is 0 Å². The van der Waals surface area contributed by atoms with Crippen molar-refractivity contribution in [3.8, 4) is 0 Å². The van der Waals surface area contributed by atoms with Crippen molar-refractivity contribution in [1.82, 2.24) is 4.90 Å². The Morgan fingerprint density at radius 2 is 2.15 bits per heavy atom. The van der Waals surface area contributed by atoms with Crippen molar-refractivity contribution >= 4 is 11.8 Å². The molecule has 0 amide bonds. The number of rotatable bonds is 2. The van der Waals surface area contributed by atoms with Gasteiger partial charge in [-0.2, -0.15) is 11.8 Å². The first-order valence-electron chi connectivity index (χ1n) is 5.04. The lowest BCUT2D eigenvalue weighted by Crippen LogP contribution is -2.37. The van der Waals surface area contributed by atoms with Crippen LogP contribution in [0.4, 0.5) is 0 Å². The lowest BCUT2D eigenvalue weighted by molar-refractivity contribution is 0.139. The molecule has 3 heteroatoms. The lowest BCUT2D eigenvalue weighted by Gasteiger charge is -2.26. The predicted octanol–water partition coefficient (Wildman–Crippen LogP) is 1.58. The molecule has 0 saturated carbocycles. The van der Waals surface area contributed by atoms with Gasteiger partial charge >= 0.3 is 0 Å². The van der Waals surface area contributed by atoms with Crippen LogP contribution in [0.1, 0.15) is 27.2 Å². The molecule has 1 fully saturated rings.